The smallest absolute Gasteiger partial charge is 0.266 e. The van der Waals surface area contributed by atoms with Crippen molar-refractivity contribution < 1.29 is 27.9 Å². The summed E-state index contributed by atoms with van der Waals surface area (Å²) in [7, 11) is 0.452. The van der Waals surface area contributed by atoms with Gasteiger partial charge in [-0.3, -0.25) is 0 Å². The molecule has 3 N–H and O–H groups in total. The average Bonchev–Trinajstić information content (AvgIpc) is 4.14. The fourth-order valence-corrected chi connectivity index (χ4v) is 11.9. The van der Waals surface area contributed by atoms with Crippen LogP contribution in [0.25, 0.3) is 11.2 Å². The summed E-state index contributed by atoms with van der Waals surface area (Å²) in [6.45, 7) is 15.6. The maximum atomic E-state index is 13.0. The second kappa shape index (κ2) is 24.2. The van der Waals surface area contributed by atoms with Crippen molar-refractivity contribution >= 4 is 113 Å². The molecule has 26 heteroatoms. The molecule has 11 rings (SSSR count). The lowest BCUT2D eigenvalue weighted by Gasteiger charge is -2.43. The first-order chi connectivity index (χ1) is 35.9. The Bertz CT molecular complexity index is 3120. The number of aliphatic imine (C=N–C) groups is 1. The molecule has 0 aliphatic carbocycles. The minimum absolute atomic E-state index is 0. The molecule has 6 aromatic rings. The van der Waals surface area contributed by atoms with Gasteiger partial charge in [0.15, 0.2) is 33.0 Å². The minimum atomic E-state index is -1.19. The third-order valence-corrected chi connectivity index (χ3v) is 18.0. The zero-order chi connectivity index (χ0) is 52.8. The molecule has 0 bridgehead atoms. The van der Waals surface area contributed by atoms with Crippen molar-refractivity contribution in [3.05, 3.63) is 98.5 Å². The van der Waals surface area contributed by atoms with E-state index in [1.165, 1.54) is 12.4 Å². The Morgan fingerprint density at radius 2 is 1.35 bits per heavy atom. The summed E-state index contributed by atoms with van der Waals surface area (Å²) >= 11 is 24.6. The van der Waals surface area contributed by atoms with Gasteiger partial charge in [0.05, 0.1) is 85.5 Å². The summed E-state index contributed by atoms with van der Waals surface area (Å²) < 4.78 is 47.1. The highest BCUT2D eigenvalue weighted by Gasteiger charge is 2.51. The molecule has 5 aromatic heterocycles. The van der Waals surface area contributed by atoms with Crippen LogP contribution in [-0.2, 0) is 33.5 Å². The van der Waals surface area contributed by atoms with Crippen LogP contribution in [0.4, 0.5) is 11.6 Å². The summed E-state index contributed by atoms with van der Waals surface area (Å²) in [6, 6.07) is 11.1. The molecule has 4 fully saturated rings. The van der Waals surface area contributed by atoms with Crippen molar-refractivity contribution in [2.24, 2.45) is 21.6 Å². The first-order valence-corrected chi connectivity index (χ1v) is 27.5. The first kappa shape index (κ1) is 58.8. The maximum Gasteiger partial charge on any atom is 0.266 e. The number of aromatic nitrogens is 8. The van der Waals surface area contributed by atoms with Crippen LogP contribution in [-0.4, -0.2) is 125 Å². The number of methoxy groups -OCH3 is 1. The number of benzene rings is 1. The number of piperidine rings is 2. The number of pyridine rings is 2. The summed E-state index contributed by atoms with van der Waals surface area (Å²) in [6.07, 6.45) is 10.4. The zero-order valence-corrected chi connectivity index (χ0v) is 49.3. The number of hydrogen-bond acceptors (Lipinski definition) is 17. The largest absolute Gasteiger partial charge is 0.497 e. The van der Waals surface area contributed by atoms with Gasteiger partial charge in [-0.25, -0.2) is 48.5 Å². The molecule has 414 valence electrons. The number of fused-ring (bicyclic) bond motifs is 2. The standard InChI is InChI=1S/C31H37Cl2N7O4S.C20H22Cl2N6O2.2H2S/c1-19-26(38-45(41)30(2,3)4)31(18-43-19)11-14-39(15-12-31)23-16-35-25-28(36-23)40(17-20-6-8-21(42-5)9-7-20)37-29(25)44-22-10-13-34-27(33)24(22)32;1-11-17(23)20(10-29-11)3-6-28(7-4-20)14-9-25-16-12(27-14)8-26-19(16)30-13-2-5-24-18(22)15(13)21;;/h6-10,13,16,19,26,38H,11-12,14-15,17-18H2,1-5H3;2,5,9,11,17H,3-4,6-8,10,23H2,1H3;2*1H2/t19-,26+,45-;11-,17+;;/m00../s1. The molecule has 4 saturated heterocycles. The van der Waals surface area contributed by atoms with Crippen molar-refractivity contribution in [3.63, 3.8) is 0 Å². The number of nitrogens with one attached hydrogen (secondary N) is 1. The summed E-state index contributed by atoms with van der Waals surface area (Å²) in [5, 5.41) is 5.49. The normalized spacial score (nSPS) is 21.7. The second-order valence-electron chi connectivity index (χ2n) is 20.6. The zero-order valence-electron chi connectivity index (χ0n) is 43.4. The summed E-state index contributed by atoms with van der Waals surface area (Å²) in [4.78, 5) is 36.0. The molecule has 0 radical (unpaired) electrons. The van der Waals surface area contributed by atoms with Crippen LogP contribution in [0.5, 0.6) is 23.1 Å². The van der Waals surface area contributed by atoms with Crippen molar-refractivity contribution in [3.8, 4) is 23.1 Å². The van der Waals surface area contributed by atoms with Crippen LogP contribution >= 0.6 is 73.4 Å². The number of halogens is 4. The van der Waals surface area contributed by atoms with E-state index in [0.717, 1.165) is 87.1 Å². The topological polar surface area (TPSA) is 215 Å². The quantitative estimate of drug-likeness (QED) is 0.123. The number of rotatable bonds is 10. The maximum absolute atomic E-state index is 13.0. The van der Waals surface area contributed by atoms with Crippen LogP contribution in [0.1, 0.15) is 77.3 Å². The summed E-state index contributed by atoms with van der Waals surface area (Å²) in [5.74, 6) is 3.73. The van der Waals surface area contributed by atoms with Gasteiger partial charge in [-0.1, -0.05) is 58.5 Å². The molecule has 0 amide bonds. The lowest BCUT2D eigenvalue weighted by atomic mass is 9.73. The Balaban J connectivity index is 0.000000213. The fraction of sp³-hybridized carbons (Fsp3) is 0.490. The van der Waals surface area contributed by atoms with Gasteiger partial charge in [0.1, 0.15) is 33.1 Å². The van der Waals surface area contributed by atoms with Crippen molar-refractivity contribution in [2.45, 2.75) is 102 Å². The van der Waals surface area contributed by atoms with Gasteiger partial charge in [-0.15, -0.1) is 5.10 Å². The molecule has 0 unspecified atom stereocenters. The molecule has 19 nitrogen and oxygen atoms in total. The number of anilines is 2. The van der Waals surface area contributed by atoms with Gasteiger partial charge in [-0.05, 0) is 78.0 Å². The van der Waals surface area contributed by atoms with E-state index in [1.54, 1.807) is 36.3 Å². The highest BCUT2D eigenvalue weighted by molar-refractivity contribution is 7.84. The molecule has 5 aliphatic rings. The van der Waals surface area contributed by atoms with E-state index in [2.05, 4.69) is 48.3 Å². The molecule has 0 saturated carbocycles. The first-order valence-electron chi connectivity index (χ1n) is 24.8. The summed E-state index contributed by atoms with van der Waals surface area (Å²) in [5.41, 5.74) is 9.89. The van der Waals surface area contributed by atoms with Gasteiger partial charge in [-0.2, -0.15) is 27.0 Å². The lowest BCUT2D eigenvalue weighted by molar-refractivity contribution is 0.0973. The molecule has 77 heavy (non-hydrogen) atoms. The average molecular weight is 1190 g/mol. The monoisotopic (exact) mass is 1190 g/mol. The third kappa shape index (κ3) is 12.2. The molecular weight excluding hydrogens is 1130 g/mol. The highest BCUT2D eigenvalue weighted by atomic mass is 35.5. The van der Waals surface area contributed by atoms with E-state index >= 15 is 0 Å². The van der Waals surface area contributed by atoms with Crippen LogP contribution in [0.3, 0.4) is 0 Å². The van der Waals surface area contributed by atoms with E-state index in [9.17, 15) is 4.21 Å². The van der Waals surface area contributed by atoms with Gasteiger partial charge >= 0.3 is 0 Å². The Morgan fingerprint density at radius 1 is 0.779 bits per heavy atom. The number of ether oxygens (including phenoxy) is 5. The number of nitrogens with two attached hydrogens (primary N) is 1. The van der Waals surface area contributed by atoms with E-state index in [-0.39, 0.29) is 93.1 Å². The SMILES string of the molecule is COc1ccc(Cn2nc(Oc3ccnc(Cl)c3Cl)c3ncc(N4CCC5(CC4)CO[C@@H](C)[C@H]5N[S@@](=O)C(C)(C)C)nc32)cc1.C[C@@H]1OCC2(CCN(c3cnc4c(n3)CN=C4Oc3ccnc(Cl)c3Cl)CC2)[C@@H]1N.S.S. The van der Waals surface area contributed by atoms with E-state index in [0.29, 0.717) is 54.0 Å². The number of hydrogen-bond donors (Lipinski definition) is 2. The van der Waals surface area contributed by atoms with Crippen molar-refractivity contribution in [1.82, 2.24) is 44.4 Å². The predicted molar refractivity (Wildman–Crippen MR) is 311 cm³/mol. The Morgan fingerprint density at radius 3 is 1.95 bits per heavy atom. The van der Waals surface area contributed by atoms with E-state index in [1.807, 2.05) is 45.0 Å². The minimum Gasteiger partial charge on any atom is -0.497 e. The van der Waals surface area contributed by atoms with Crippen molar-refractivity contribution in [2.75, 3.05) is 56.3 Å². The molecule has 2 spiro atoms. The Labute approximate surface area is 484 Å². The van der Waals surface area contributed by atoms with Crippen molar-refractivity contribution in [1.29, 1.82) is 0 Å². The molecule has 5 aliphatic heterocycles. The van der Waals surface area contributed by atoms with E-state index < -0.39 is 11.0 Å². The molecule has 1 aromatic carbocycles. The predicted octanol–water partition coefficient (Wildman–Crippen LogP) is 8.88. The molecule has 10 heterocycles. The third-order valence-electron chi connectivity index (χ3n) is 14.9. The van der Waals surface area contributed by atoms with Gasteiger partial charge in [0.25, 0.3) is 5.88 Å². The van der Waals surface area contributed by atoms with Crippen LogP contribution in [0.2, 0.25) is 20.4 Å². The van der Waals surface area contributed by atoms with Crippen LogP contribution in [0.15, 0.2) is 66.2 Å². The van der Waals surface area contributed by atoms with Gasteiger partial charge in [0.2, 0.25) is 5.90 Å². The number of nitrogens with zero attached hydrogens (tertiary/aromatic N) is 11. The Hall–Kier alpha value is -4.33. The lowest BCUT2D eigenvalue weighted by Crippen LogP contribution is -2.55. The fourth-order valence-electron chi connectivity index (χ4n) is 10.3. The molecule has 5 atom stereocenters. The highest BCUT2D eigenvalue weighted by Crippen LogP contribution is 2.45. The van der Waals surface area contributed by atoms with Gasteiger partial charge < -0.3 is 39.2 Å². The van der Waals surface area contributed by atoms with E-state index in [4.69, 9.17) is 95.9 Å². The Kier molecular flexibility index (Phi) is 18.5. The molecular formula is C51H63Cl4N13O6S3. The van der Waals surface area contributed by atoms with Crippen LogP contribution in [0, 0.1) is 10.8 Å². The van der Waals surface area contributed by atoms with Gasteiger partial charge in [0, 0.05) is 67.6 Å². The second-order valence-corrected chi connectivity index (χ2v) is 24.1. The van der Waals surface area contributed by atoms with Crippen LogP contribution < -0.4 is 34.5 Å².